The van der Waals surface area contributed by atoms with Crippen LogP contribution >= 0.6 is 11.6 Å². The third kappa shape index (κ3) is 5.64. The van der Waals surface area contributed by atoms with Gasteiger partial charge in [-0.15, -0.1) is 0 Å². The molecule has 0 aromatic heterocycles. The smallest absolute Gasteiger partial charge is 0.307 e. The number of halogens is 1. The average molecular weight is 352 g/mol. The summed E-state index contributed by atoms with van der Waals surface area (Å²) >= 11 is 5.77. The molecule has 1 saturated carbocycles. The summed E-state index contributed by atoms with van der Waals surface area (Å²) in [7, 11) is 0. The second-order valence-electron chi connectivity index (χ2n) is 6.05. The highest BCUT2D eigenvalue weighted by Gasteiger charge is 2.23. The molecule has 130 valence electrons. The van der Waals surface area contributed by atoms with E-state index in [9.17, 15) is 14.4 Å². The molecular formula is C18H22ClNO4. The number of Topliss-reactive ketones (excluding diaryl/α,β-unsaturated/α-hetero) is 1. The number of rotatable bonds is 7. The Hall–Kier alpha value is -1.88. The maximum Gasteiger partial charge on any atom is 0.307 e. The molecule has 1 aromatic rings. The van der Waals surface area contributed by atoms with Gasteiger partial charge >= 0.3 is 5.97 Å². The number of amides is 1. The van der Waals surface area contributed by atoms with Crippen LogP contribution in [0.15, 0.2) is 24.3 Å². The van der Waals surface area contributed by atoms with Gasteiger partial charge in [-0.2, -0.15) is 0 Å². The molecule has 1 amide bonds. The highest BCUT2D eigenvalue weighted by molar-refractivity contribution is 6.30. The monoisotopic (exact) mass is 351 g/mol. The van der Waals surface area contributed by atoms with Crippen LogP contribution in [0.1, 0.15) is 55.8 Å². The van der Waals surface area contributed by atoms with Gasteiger partial charge in [-0.25, -0.2) is 0 Å². The molecule has 0 heterocycles. The third-order valence-electron chi connectivity index (χ3n) is 4.10. The minimum Gasteiger partial charge on any atom is -0.453 e. The van der Waals surface area contributed by atoms with Crippen LogP contribution in [0, 0.1) is 0 Å². The molecule has 24 heavy (non-hydrogen) atoms. The van der Waals surface area contributed by atoms with Crippen molar-refractivity contribution in [2.24, 2.45) is 0 Å². The Morgan fingerprint density at radius 3 is 2.42 bits per heavy atom. The standard InChI is InChI=1S/C18H22ClNO4/c1-12(18(23)20-15-4-2-3-5-15)24-17(22)11-10-16(21)13-6-8-14(19)9-7-13/h6-9,12,15H,2-5,10-11H2,1H3,(H,20,23). The van der Waals surface area contributed by atoms with E-state index in [2.05, 4.69) is 5.32 Å². The first-order valence-electron chi connectivity index (χ1n) is 8.24. The van der Waals surface area contributed by atoms with Crippen molar-refractivity contribution in [3.05, 3.63) is 34.9 Å². The van der Waals surface area contributed by atoms with Gasteiger partial charge in [-0.3, -0.25) is 14.4 Å². The fourth-order valence-electron chi connectivity index (χ4n) is 2.69. The van der Waals surface area contributed by atoms with E-state index in [0.29, 0.717) is 10.6 Å². The molecule has 0 saturated heterocycles. The zero-order valence-electron chi connectivity index (χ0n) is 13.7. The molecule has 2 rings (SSSR count). The lowest BCUT2D eigenvalue weighted by atomic mass is 10.1. The Kier molecular flexibility index (Phi) is 6.79. The number of ether oxygens (including phenoxy) is 1. The molecule has 1 fully saturated rings. The van der Waals surface area contributed by atoms with Crippen molar-refractivity contribution in [1.82, 2.24) is 5.32 Å². The third-order valence-corrected chi connectivity index (χ3v) is 4.35. The summed E-state index contributed by atoms with van der Waals surface area (Å²) in [5, 5.41) is 3.43. The molecule has 5 nitrogen and oxygen atoms in total. The highest BCUT2D eigenvalue weighted by Crippen LogP contribution is 2.18. The lowest BCUT2D eigenvalue weighted by Crippen LogP contribution is -2.40. The van der Waals surface area contributed by atoms with E-state index >= 15 is 0 Å². The van der Waals surface area contributed by atoms with Gasteiger partial charge in [0.25, 0.3) is 5.91 Å². The molecule has 1 N–H and O–H groups in total. The molecule has 6 heteroatoms. The fraction of sp³-hybridized carbons (Fsp3) is 0.500. The molecule has 0 spiro atoms. The molecule has 1 aromatic carbocycles. The first-order valence-corrected chi connectivity index (χ1v) is 8.62. The maximum absolute atomic E-state index is 12.0. The maximum atomic E-state index is 12.0. The Balaban J connectivity index is 1.72. The average Bonchev–Trinajstić information content (AvgIpc) is 3.06. The van der Waals surface area contributed by atoms with E-state index in [-0.39, 0.29) is 30.6 Å². The zero-order chi connectivity index (χ0) is 17.5. The predicted octanol–water partition coefficient (Wildman–Crippen LogP) is 3.29. The molecule has 1 atom stereocenters. The number of nitrogens with one attached hydrogen (secondary N) is 1. The zero-order valence-corrected chi connectivity index (χ0v) is 14.5. The molecular weight excluding hydrogens is 330 g/mol. The van der Waals surface area contributed by atoms with Crippen molar-refractivity contribution in [2.45, 2.75) is 57.6 Å². The second-order valence-corrected chi connectivity index (χ2v) is 6.49. The summed E-state index contributed by atoms with van der Waals surface area (Å²) in [4.78, 5) is 35.7. The Morgan fingerprint density at radius 2 is 1.79 bits per heavy atom. The number of esters is 1. The number of hydrogen-bond donors (Lipinski definition) is 1. The number of hydrogen-bond acceptors (Lipinski definition) is 4. The molecule has 0 radical (unpaired) electrons. The lowest BCUT2D eigenvalue weighted by molar-refractivity contribution is -0.155. The fourth-order valence-corrected chi connectivity index (χ4v) is 2.82. The summed E-state index contributed by atoms with van der Waals surface area (Å²) in [6.07, 6.45) is 3.32. The van der Waals surface area contributed by atoms with Gasteiger partial charge in [0.1, 0.15) is 0 Å². The minimum absolute atomic E-state index is 0.0391. The number of ketones is 1. The van der Waals surface area contributed by atoms with Crippen LogP contribution in [0.2, 0.25) is 5.02 Å². The Morgan fingerprint density at radius 1 is 1.17 bits per heavy atom. The van der Waals surface area contributed by atoms with Crippen molar-refractivity contribution in [2.75, 3.05) is 0 Å². The quantitative estimate of drug-likeness (QED) is 0.604. The summed E-state index contributed by atoms with van der Waals surface area (Å²) in [5.74, 6) is -0.989. The lowest BCUT2D eigenvalue weighted by Gasteiger charge is -2.17. The van der Waals surface area contributed by atoms with Gasteiger partial charge in [0.2, 0.25) is 0 Å². The van der Waals surface area contributed by atoms with Crippen LogP contribution in [0.3, 0.4) is 0 Å². The minimum atomic E-state index is -0.844. The molecule has 0 bridgehead atoms. The summed E-state index contributed by atoms with van der Waals surface area (Å²) in [6.45, 7) is 1.54. The van der Waals surface area contributed by atoms with Crippen LogP contribution in [-0.2, 0) is 14.3 Å². The normalized spacial score (nSPS) is 15.8. The summed E-state index contributed by atoms with van der Waals surface area (Å²) in [6, 6.07) is 6.68. The Bertz CT molecular complexity index is 594. The van der Waals surface area contributed by atoms with Gasteiger partial charge in [0.15, 0.2) is 11.9 Å². The van der Waals surface area contributed by atoms with Crippen molar-refractivity contribution in [1.29, 1.82) is 0 Å². The SMILES string of the molecule is CC(OC(=O)CCC(=O)c1ccc(Cl)cc1)C(=O)NC1CCCC1. The number of benzene rings is 1. The number of carbonyl (C=O) groups excluding carboxylic acids is 3. The van der Waals surface area contributed by atoms with Crippen molar-refractivity contribution in [3.63, 3.8) is 0 Å². The van der Waals surface area contributed by atoms with E-state index in [0.717, 1.165) is 25.7 Å². The molecule has 1 aliphatic carbocycles. The van der Waals surface area contributed by atoms with Crippen molar-refractivity contribution < 1.29 is 19.1 Å². The highest BCUT2D eigenvalue weighted by atomic mass is 35.5. The van der Waals surface area contributed by atoms with Gasteiger partial charge in [0, 0.05) is 23.0 Å². The second kappa shape index (κ2) is 8.83. The van der Waals surface area contributed by atoms with E-state index in [4.69, 9.17) is 16.3 Å². The molecule has 1 unspecified atom stereocenters. The van der Waals surface area contributed by atoms with Gasteiger partial charge in [-0.05, 0) is 44.0 Å². The Labute approximate surface area is 146 Å². The first kappa shape index (κ1) is 18.5. The van der Waals surface area contributed by atoms with Crippen LogP contribution in [0.5, 0.6) is 0 Å². The molecule has 0 aliphatic heterocycles. The van der Waals surface area contributed by atoms with Crippen LogP contribution < -0.4 is 5.32 Å². The van der Waals surface area contributed by atoms with Crippen LogP contribution in [-0.4, -0.2) is 29.8 Å². The largest absolute Gasteiger partial charge is 0.453 e. The van der Waals surface area contributed by atoms with Gasteiger partial charge in [0.05, 0.1) is 6.42 Å². The van der Waals surface area contributed by atoms with Gasteiger partial charge < -0.3 is 10.1 Å². The van der Waals surface area contributed by atoms with E-state index in [1.165, 1.54) is 0 Å². The van der Waals surface area contributed by atoms with Crippen molar-refractivity contribution >= 4 is 29.3 Å². The summed E-state index contributed by atoms with van der Waals surface area (Å²) < 4.78 is 5.10. The first-order chi connectivity index (χ1) is 11.5. The van der Waals surface area contributed by atoms with Crippen LogP contribution in [0.4, 0.5) is 0 Å². The van der Waals surface area contributed by atoms with Gasteiger partial charge in [-0.1, -0.05) is 24.4 Å². The van der Waals surface area contributed by atoms with E-state index in [1.807, 2.05) is 0 Å². The number of carbonyl (C=O) groups is 3. The van der Waals surface area contributed by atoms with E-state index in [1.54, 1.807) is 31.2 Å². The van der Waals surface area contributed by atoms with E-state index < -0.39 is 12.1 Å². The van der Waals surface area contributed by atoms with Crippen LogP contribution in [0.25, 0.3) is 0 Å². The van der Waals surface area contributed by atoms with Crippen molar-refractivity contribution in [3.8, 4) is 0 Å². The predicted molar refractivity (Wildman–Crippen MR) is 91.0 cm³/mol. The summed E-state index contributed by atoms with van der Waals surface area (Å²) in [5.41, 5.74) is 0.499. The topological polar surface area (TPSA) is 72.5 Å². The molecule has 1 aliphatic rings.